The highest BCUT2D eigenvalue weighted by molar-refractivity contribution is 7.12. The summed E-state index contributed by atoms with van der Waals surface area (Å²) in [6, 6.07) is 8.86. The molecule has 0 atom stereocenters. The number of Topliss-reactive ketones (excluding diaryl/α,β-unsaturated/α-hetero) is 1. The largest absolute Gasteiger partial charge is 0.456 e. The third kappa shape index (κ3) is 4.82. The number of thiophene rings is 1. The van der Waals surface area contributed by atoms with Gasteiger partial charge in [0.25, 0.3) is 5.91 Å². The summed E-state index contributed by atoms with van der Waals surface area (Å²) in [6.45, 7) is 0.0938. The highest BCUT2D eigenvalue weighted by atomic mass is 32.1. The molecule has 0 bridgehead atoms. The van der Waals surface area contributed by atoms with Gasteiger partial charge in [-0.3, -0.25) is 14.4 Å². The van der Waals surface area contributed by atoms with Crippen LogP contribution in [0.25, 0.3) is 0 Å². The number of amides is 1. The first kappa shape index (κ1) is 17.9. The van der Waals surface area contributed by atoms with Gasteiger partial charge in [0.2, 0.25) is 6.79 Å². The van der Waals surface area contributed by atoms with Crippen molar-refractivity contribution >= 4 is 29.0 Å². The van der Waals surface area contributed by atoms with Crippen LogP contribution in [0.5, 0.6) is 11.5 Å². The van der Waals surface area contributed by atoms with Crippen molar-refractivity contribution in [2.24, 2.45) is 0 Å². The minimum Gasteiger partial charge on any atom is -0.456 e. The number of ketones is 1. The number of benzene rings is 1. The Bertz CT molecular complexity index is 802. The van der Waals surface area contributed by atoms with E-state index < -0.39 is 11.9 Å². The molecule has 8 heteroatoms. The van der Waals surface area contributed by atoms with Gasteiger partial charge in [-0.15, -0.1) is 11.3 Å². The molecular weight excluding hydrogens is 358 g/mol. The van der Waals surface area contributed by atoms with Crippen LogP contribution in [0.4, 0.5) is 0 Å². The van der Waals surface area contributed by atoms with Gasteiger partial charge >= 0.3 is 5.97 Å². The van der Waals surface area contributed by atoms with Crippen LogP contribution in [0.1, 0.15) is 28.1 Å². The van der Waals surface area contributed by atoms with E-state index in [-0.39, 0.29) is 38.6 Å². The van der Waals surface area contributed by atoms with Gasteiger partial charge in [-0.05, 0) is 29.1 Å². The van der Waals surface area contributed by atoms with Gasteiger partial charge in [-0.25, -0.2) is 0 Å². The fraction of sp³-hybridized carbons (Fsp3) is 0.278. The summed E-state index contributed by atoms with van der Waals surface area (Å²) in [4.78, 5) is 35.8. The molecule has 1 aliphatic heterocycles. The molecule has 0 fully saturated rings. The van der Waals surface area contributed by atoms with Crippen molar-refractivity contribution < 1.29 is 28.6 Å². The van der Waals surface area contributed by atoms with E-state index in [1.165, 1.54) is 11.3 Å². The number of nitrogens with one attached hydrogen (secondary N) is 1. The first-order chi connectivity index (χ1) is 12.6. The molecule has 1 aromatic heterocycles. The van der Waals surface area contributed by atoms with E-state index in [0.717, 1.165) is 5.56 Å². The van der Waals surface area contributed by atoms with Gasteiger partial charge < -0.3 is 19.5 Å². The molecule has 0 aliphatic carbocycles. The molecule has 0 saturated carbocycles. The molecule has 0 spiro atoms. The van der Waals surface area contributed by atoms with E-state index in [0.29, 0.717) is 16.4 Å². The first-order valence-electron chi connectivity index (χ1n) is 7.99. The summed E-state index contributed by atoms with van der Waals surface area (Å²) >= 11 is 1.33. The Kier molecular flexibility index (Phi) is 5.85. The van der Waals surface area contributed by atoms with E-state index in [2.05, 4.69) is 5.32 Å². The van der Waals surface area contributed by atoms with Gasteiger partial charge in [0.1, 0.15) is 0 Å². The highest BCUT2D eigenvalue weighted by Crippen LogP contribution is 2.32. The highest BCUT2D eigenvalue weighted by Gasteiger charge is 2.14. The third-order valence-corrected chi connectivity index (χ3v) is 4.55. The van der Waals surface area contributed by atoms with Crippen LogP contribution in [0, 0.1) is 0 Å². The number of esters is 1. The number of fused-ring (bicyclic) bond motifs is 1. The van der Waals surface area contributed by atoms with Crippen LogP contribution in [-0.2, 0) is 20.9 Å². The molecule has 2 heterocycles. The quantitative estimate of drug-likeness (QED) is 0.562. The molecule has 0 unspecified atom stereocenters. The zero-order valence-electron chi connectivity index (χ0n) is 13.9. The Balaban J connectivity index is 1.34. The Morgan fingerprint density at radius 1 is 1.12 bits per heavy atom. The van der Waals surface area contributed by atoms with E-state index in [1.807, 2.05) is 6.07 Å². The number of hydrogen-bond acceptors (Lipinski definition) is 7. The molecule has 7 nitrogen and oxygen atoms in total. The first-order valence-corrected chi connectivity index (χ1v) is 8.87. The molecule has 3 rings (SSSR count). The second kappa shape index (κ2) is 8.48. The maximum atomic E-state index is 11.8. The van der Waals surface area contributed by atoms with Gasteiger partial charge in [0, 0.05) is 13.0 Å². The lowest BCUT2D eigenvalue weighted by Gasteiger charge is -2.07. The van der Waals surface area contributed by atoms with Crippen molar-refractivity contribution in [2.45, 2.75) is 19.4 Å². The smallest absolute Gasteiger partial charge is 0.306 e. The molecule has 1 N–H and O–H groups in total. The summed E-state index contributed by atoms with van der Waals surface area (Å²) < 4.78 is 15.4. The van der Waals surface area contributed by atoms with Gasteiger partial charge in [0.05, 0.1) is 11.3 Å². The fourth-order valence-electron chi connectivity index (χ4n) is 2.30. The minimum atomic E-state index is -0.576. The SMILES string of the molecule is O=C(COC(=O)CCC(=O)c1cccs1)NCc1ccc2c(c1)OCO2. The Morgan fingerprint density at radius 2 is 1.96 bits per heavy atom. The molecule has 1 aliphatic rings. The number of hydrogen-bond donors (Lipinski definition) is 1. The average molecular weight is 375 g/mol. The van der Waals surface area contributed by atoms with Crippen LogP contribution >= 0.6 is 11.3 Å². The minimum absolute atomic E-state index is 0.0494. The average Bonchev–Trinajstić information content (AvgIpc) is 3.33. The van der Waals surface area contributed by atoms with Crippen molar-refractivity contribution in [3.05, 3.63) is 46.2 Å². The van der Waals surface area contributed by atoms with E-state index in [4.69, 9.17) is 14.2 Å². The Morgan fingerprint density at radius 3 is 2.77 bits per heavy atom. The van der Waals surface area contributed by atoms with Crippen molar-refractivity contribution in [2.75, 3.05) is 13.4 Å². The molecule has 0 radical (unpaired) electrons. The maximum Gasteiger partial charge on any atom is 0.306 e. The molecule has 1 aromatic carbocycles. The lowest BCUT2D eigenvalue weighted by Crippen LogP contribution is -2.28. The predicted octanol–water partition coefficient (Wildman–Crippen LogP) is 2.30. The van der Waals surface area contributed by atoms with Crippen LogP contribution in [0.2, 0.25) is 0 Å². The van der Waals surface area contributed by atoms with Gasteiger partial charge in [-0.1, -0.05) is 12.1 Å². The molecule has 26 heavy (non-hydrogen) atoms. The van der Waals surface area contributed by atoms with Crippen molar-refractivity contribution in [3.63, 3.8) is 0 Å². The summed E-state index contributed by atoms with van der Waals surface area (Å²) in [6.07, 6.45) is 0.0182. The van der Waals surface area contributed by atoms with E-state index >= 15 is 0 Å². The predicted molar refractivity (Wildman–Crippen MR) is 93.3 cm³/mol. The zero-order chi connectivity index (χ0) is 18.4. The second-order valence-electron chi connectivity index (χ2n) is 5.53. The lowest BCUT2D eigenvalue weighted by molar-refractivity contribution is -0.148. The van der Waals surface area contributed by atoms with E-state index in [1.54, 1.807) is 29.6 Å². The van der Waals surface area contributed by atoms with E-state index in [9.17, 15) is 14.4 Å². The fourth-order valence-corrected chi connectivity index (χ4v) is 2.99. The van der Waals surface area contributed by atoms with Gasteiger partial charge in [-0.2, -0.15) is 0 Å². The zero-order valence-corrected chi connectivity index (χ0v) is 14.7. The number of carbonyl (C=O) groups is 3. The summed E-state index contributed by atoms with van der Waals surface area (Å²) in [5.41, 5.74) is 0.843. The lowest BCUT2D eigenvalue weighted by atomic mass is 10.2. The molecule has 1 amide bonds. The monoisotopic (exact) mass is 375 g/mol. The van der Waals surface area contributed by atoms with Crippen molar-refractivity contribution in [3.8, 4) is 11.5 Å². The summed E-state index contributed by atoms with van der Waals surface area (Å²) in [5.74, 6) is 0.211. The number of rotatable bonds is 8. The second-order valence-corrected chi connectivity index (χ2v) is 6.47. The summed E-state index contributed by atoms with van der Waals surface area (Å²) in [7, 11) is 0. The number of ether oxygens (including phenoxy) is 3. The third-order valence-electron chi connectivity index (χ3n) is 3.64. The van der Waals surface area contributed by atoms with Gasteiger partial charge in [0.15, 0.2) is 23.9 Å². The molecule has 136 valence electrons. The molecule has 0 saturated heterocycles. The van der Waals surface area contributed by atoms with Crippen LogP contribution in [-0.4, -0.2) is 31.1 Å². The van der Waals surface area contributed by atoms with Crippen LogP contribution < -0.4 is 14.8 Å². The maximum absolute atomic E-state index is 11.8. The molecular formula is C18H17NO6S. The van der Waals surface area contributed by atoms with Crippen molar-refractivity contribution in [1.82, 2.24) is 5.32 Å². The number of carbonyl (C=O) groups excluding carboxylic acids is 3. The standard InChI is InChI=1S/C18H17NO6S/c20-13(16-2-1-7-26-16)4-6-18(22)23-10-17(21)19-9-12-3-5-14-15(8-12)25-11-24-14/h1-3,5,7-8H,4,6,9-11H2,(H,19,21). The Labute approximate surface area is 153 Å². The topological polar surface area (TPSA) is 90.9 Å². The Hall–Kier alpha value is -2.87. The van der Waals surface area contributed by atoms with Crippen LogP contribution in [0.3, 0.4) is 0 Å². The van der Waals surface area contributed by atoms with Crippen molar-refractivity contribution in [1.29, 1.82) is 0 Å². The normalized spacial score (nSPS) is 11.8. The van der Waals surface area contributed by atoms with Crippen LogP contribution in [0.15, 0.2) is 35.7 Å². The molecule has 2 aromatic rings. The summed E-state index contributed by atoms with van der Waals surface area (Å²) in [5, 5.41) is 4.46.